The molecule has 7 aliphatic rings. The molecular formula is C102H137N19O20. The number of Topliss-reactive ketones (excluding diaryl/α,β-unsaturated/α-hetero) is 3. The number of piperidine rings is 1. The molecule has 39 nitrogen and oxygen atoms in total. The summed E-state index contributed by atoms with van der Waals surface area (Å²) in [7, 11) is 4.46. The first-order chi connectivity index (χ1) is 67.9. The predicted octanol–water partition coefficient (Wildman–Crippen LogP) is 8.45. The van der Waals surface area contributed by atoms with Crippen molar-refractivity contribution in [3.63, 3.8) is 0 Å². The SMILES string of the molecule is CO[C@H]1C[C@@H]2CC[C@@H](C)[C@@](O)(O2)C(=O)C(=O)N2CCCC[C@H]2C(=O)O[C@H]([C@H](C)C[C@@H]2CC[C@@H](OC(=O)NCCOCCC(=O)NCc3cnc(N4CCN(C(=O)CCOCCN5CCN(c6ncc(C(=O)N7CCc8cc(Cn9nc(-c%10ccc%11oc(N)nc%11c%10)c%10c(N)ncnc%109)ccc8C7)cn6)CC5)CC4)nc3)[C@H](OC)C2)CC(=O)[C@H](C)/C=C(\C)[C@@H](O)[C@@H](OC)C(=O)[C@H](C)C[C@H](C)/C=C/C=CC=C1C. The normalized spacial score (nSPS) is 26.3. The number of nitrogens with zero attached hydrogens (tertiary/aromatic N) is 15. The van der Waals surface area contributed by atoms with Crippen LogP contribution in [0.2, 0.25) is 0 Å². The number of fused-ring (bicyclic) bond motifs is 6. The number of cyclic esters (lactones) is 1. The van der Waals surface area contributed by atoms with Crippen LogP contribution in [0.15, 0.2) is 120 Å². The number of carbonyl (C=O) groups excluding carboxylic acids is 9. The second kappa shape index (κ2) is 49.2. The minimum atomic E-state index is -2.50. The van der Waals surface area contributed by atoms with Gasteiger partial charge in [-0.25, -0.2) is 44.2 Å². The maximum absolute atomic E-state index is 14.8. The third-order valence-electron chi connectivity index (χ3n) is 28.5. The van der Waals surface area contributed by atoms with Crippen LogP contribution in [0.25, 0.3) is 33.4 Å². The largest absolute Gasteiger partial charge is 0.460 e. The van der Waals surface area contributed by atoms with Crippen LogP contribution < -0.4 is 31.9 Å². The lowest BCUT2D eigenvalue weighted by atomic mass is 9.78. The summed E-state index contributed by atoms with van der Waals surface area (Å²) in [6.45, 7) is 21.1. The fourth-order valence-electron chi connectivity index (χ4n) is 20.0. The van der Waals surface area contributed by atoms with Crippen LogP contribution >= 0.6 is 0 Å². The number of carbonyl (C=O) groups is 9. The lowest BCUT2D eigenvalue weighted by molar-refractivity contribution is -0.265. The molecule has 8 N–H and O–H groups in total. The molecule has 6 aliphatic heterocycles. The van der Waals surface area contributed by atoms with E-state index in [0.29, 0.717) is 205 Å². The molecule has 0 unspecified atom stereocenters. The molecule has 39 heteroatoms. The number of ketones is 3. The fourth-order valence-corrected chi connectivity index (χ4v) is 20.0. The lowest BCUT2D eigenvalue weighted by Crippen LogP contribution is -2.61. The number of hydrogen-bond acceptors (Lipinski definition) is 33. The Morgan fingerprint density at radius 2 is 1.44 bits per heavy atom. The van der Waals surface area contributed by atoms with Crippen molar-refractivity contribution in [2.24, 2.45) is 35.5 Å². The number of ether oxygens (including phenoxy) is 8. The maximum Gasteiger partial charge on any atom is 0.407 e. The van der Waals surface area contributed by atoms with Crippen LogP contribution in [-0.4, -0.2) is 308 Å². The number of methoxy groups -OCH3 is 3. The molecule has 1 aliphatic carbocycles. The molecule has 5 fully saturated rings. The minimum Gasteiger partial charge on any atom is -0.460 e. The van der Waals surface area contributed by atoms with Gasteiger partial charge in [0.25, 0.3) is 23.6 Å². The Morgan fingerprint density at radius 1 is 0.702 bits per heavy atom. The van der Waals surface area contributed by atoms with Crippen molar-refractivity contribution in [2.75, 3.05) is 148 Å². The quantitative estimate of drug-likeness (QED) is 0.0122. The number of benzene rings is 2. The predicted molar refractivity (Wildman–Crippen MR) is 523 cm³/mol. The number of anilines is 4. The molecular weight excluding hydrogens is 1810 g/mol. The zero-order chi connectivity index (χ0) is 100. The molecule has 0 spiro atoms. The summed E-state index contributed by atoms with van der Waals surface area (Å²) in [5.74, 6) is -7.79. The number of nitrogen functional groups attached to an aromatic ring is 2. The number of rotatable bonds is 27. The highest BCUT2D eigenvalue weighted by Gasteiger charge is 2.54. The van der Waals surface area contributed by atoms with Crippen molar-refractivity contribution >= 4 is 98.9 Å². The van der Waals surface area contributed by atoms with Gasteiger partial charge in [0.15, 0.2) is 17.0 Å². The van der Waals surface area contributed by atoms with Crippen LogP contribution in [0, 0.1) is 35.5 Å². The van der Waals surface area contributed by atoms with E-state index >= 15 is 0 Å². The number of aliphatic hydroxyl groups excluding tert-OH is 1. The highest BCUT2D eigenvalue weighted by Crippen LogP contribution is 2.40. The zero-order valence-corrected chi connectivity index (χ0v) is 82.5. The van der Waals surface area contributed by atoms with E-state index in [0.717, 1.165) is 40.9 Å². The van der Waals surface area contributed by atoms with E-state index in [1.165, 1.54) is 25.4 Å². The van der Waals surface area contributed by atoms with Crippen molar-refractivity contribution < 1.29 is 95.7 Å². The van der Waals surface area contributed by atoms with Crippen LogP contribution in [0.4, 0.5) is 28.5 Å². The summed E-state index contributed by atoms with van der Waals surface area (Å²) in [5.41, 5.74) is 21.0. The molecule has 5 aromatic heterocycles. The van der Waals surface area contributed by atoms with Gasteiger partial charge in [0.2, 0.25) is 29.5 Å². The van der Waals surface area contributed by atoms with E-state index < -0.39 is 102 Å². The van der Waals surface area contributed by atoms with E-state index in [1.54, 1.807) is 71.7 Å². The van der Waals surface area contributed by atoms with Gasteiger partial charge in [-0.1, -0.05) is 89.3 Å². The number of nitrogens with two attached hydrogens (primary N) is 2. The van der Waals surface area contributed by atoms with E-state index in [9.17, 15) is 53.4 Å². The lowest BCUT2D eigenvalue weighted by Gasteiger charge is -2.42. The first-order valence-corrected chi connectivity index (χ1v) is 49.4. The number of hydrogen-bond donors (Lipinski definition) is 6. The van der Waals surface area contributed by atoms with Gasteiger partial charge in [-0.3, -0.25) is 38.5 Å². The van der Waals surface area contributed by atoms with Crippen molar-refractivity contribution in [2.45, 2.75) is 219 Å². The van der Waals surface area contributed by atoms with Crippen molar-refractivity contribution in [3.05, 3.63) is 143 Å². The van der Waals surface area contributed by atoms with Crippen molar-refractivity contribution in [1.29, 1.82) is 0 Å². The molecule has 14 rings (SSSR count). The maximum atomic E-state index is 14.8. The number of aromatic nitrogens is 9. The summed E-state index contributed by atoms with van der Waals surface area (Å²) in [6.07, 6.45) is 17.9. The number of esters is 1. The molecule has 2 aromatic carbocycles. The molecule has 760 valence electrons. The Kier molecular flexibility index (Phi) is 36.6. The van der Waals surface area contributed by atoms with E-state index in [1.807, 2.05) is 88.7 Å². The molecule has 5 amide bonds. The van der Waals surface area contributed by atoms with Gasteiger partial charge in [-0.2, -0.15) is 10.1 Å². The second-order valence-electron chi connectivity index (χ2n) is 38.5. The van der Waals surface area contributed by atoms with Crippen LogP contribution in [0.5, 0.6) is 0 Å². The molecule has 11 heterocycles. The average Bonchev–Trinajstić information content (AvgIpc) is 1.62. The monoisotopic (exact) mass is 1950 g/mol. The van der Waals surface area contributed by atoms with Gasteiger partial charge in [0.05, 0.1) is 68.7 Å². The molecule has 7 aromatic rings. The summed E-state index contributed by atoms with van der Waals surface area (Å²) in [4.78, 5) is 168. The van der Waals surface area contributed by atoms with Gasteiger partial charge >= 0.3 is 12.1 Å². The van der Waals surface area contributed by atoms with Gasteiger partial charge in [-0.15, -0.1) is 0 Å². The standard InChI is InChI=1S/C102H137N19O20/c1-62-16-12-11-13-17-63(2)82(133-8)52-76-24-19-68(7)102(132,141-76)92(127)96(129)120-31-15-14-18-78(120)97(130)138-83(53-79(122)64(3)47-67(6)90(126)91(135-10)89(125)66(5)46-62)65(4)48-69-21-25-81(84(50-69)134-9)140-101(131)105-30-44-136-42-28-85(123)106-54-71-55-107-99(108-56-71)118-39-37-116(38-40-118)86(124)29-43-137-45-41-115-33-35-117(36-34-115)100-109-57-75(58-110-100)95(128)119-32-27-72-49-70(20-22-74(72)60-119)59-121-94-87(93(103)111-61-112-94)88(114-121)73-23-26-80-77(51-73)113-98(104)139-80/h11-13,16-17,20,22-23,26,47,49,51,55-58,61-62,64-66,68-69,76,78,81-84,90-91,126,132H,14-15,18-19,21,24-25,27-46,48,50,52-54,59-60H2,1-10H3,(H2,104,113)(H,105,131)(H,106,123)(H2,103,111,112)/b13-11?,16-12+,63-17?,67-47+/t62-,64-,65-,66-,68-,69+,76+,78+,81-,82+,83+,84-,90-,91+,102-/m1/s1. The van der Waals surface area contributed by atoms with Crippen molar-refractivity contribution in [3.8, 4) is 11.3 Å². The number of piperazine rings is 2. The number of nitrogens with one attached hydrogen (secondary N) is 2. The number of allylic oxidation sites excluding steroid dienone is 6. The van der Waals surface area contributed by atoms with Crippen molar-refractivity contribution in [1.82, 2.24) is 74.9 Å². The van der Waals surface area contributed by atoms with Crippen LogP contribution in [-0.2, 0) is 97.5 Å². The highest BCUT2D eigenvalue weighted by molar-refractivity contribution is 6.39. The summed E-state index contributed by atoms with van der Waals surface area (Å²) in [6, 6.07) is 10.7. The summed E-state index contributed by atoms with van der Waals surface area (Å²) < 4.78 is 55.0. The third kappa shape index (κ3) is 26.9. The summed E-state index contributed by atoms with van der Waals surface area (Å²) >= 11 is 0. The topological polar surface area (TPSA) is 485 Å². The van der Waals surface area contributed by atoms with E-state index in [2.05, 4.69) is 67.5 Å². The molecule has 0 radical (unpaired) electrons. The van der Waals surface area contributed by atoms with Gasteiger partial charge in [-0.05, 0) is 148 Å². The second-order valence-corrected chi connectivity index (χ2v) is 38.5. The molecule has 141 heavy (non-hydrogen) atoms. The first-order valence-electron chi connectivity index (χ1n) is 49.4. The fraction of sp³-hybridized carbons (Fsp3) is 0.578. The molecule has 15 atom stereocenters. The van der Waals surface area contributed by atoms with E-state index in [-0.39, 0.29) is 112 Å². The molecule has 2 bridgehead atoms. The van der Waals surface area contributed by atoms with E-state index in [4.69, 9.17) is 58.9 Å². The average molecular weight is 1950 g/mol. The van der Waals surface area contributed by atoms with Crippen LogP contribution in [0.1, 0.15) is 171 Å². The van der Waals surface area contributed by atoms with Crippen LogP contribution in [0.3, 0.4) is 0 Å². The summed E-state index contributed by atoms with van der Waals surface area (Å²) in [5, 5.41) is 35.0. The molecule has 1 saturated carbocycles. The Bertz CT molecular complexity index is 5640. The first kappa shape index (κ1) is 105. The third-order valence-corrected chi connectivity index (χ3v) is 28.5. The smallest absolute Gasteiger partial charge is 0.407 e. The van der Waals surface area contributed by atoms with Gasteiger partial charge in [0.1, 0.15) is 59.6 Å². The minimum absolute atomic E-state index is 0.0212. The Morgan fingerprint density at radius 3 is 2.18 bits per heavy atom. The highest BCUT2D eigenvalue weighted by atomic mass is 16.6. The number of oxazole rings is 1. The van der Waals surface area contributed by atoms with Gasteiger partial charge in [0, 0.05) is 186 Å². The Labute approximate surface area is 821 Å². The Hall–Kier alpha value is -12.0. The Balaban J connectivity index is 0.462. The molecule has 4 saturated heterocycles. The number of amides is 5. The zero-order valence-electron chi connectivity index (χ0n) is 82.5. The van der Waals surface area contributed by atoms with Gasteiger partial charge < -0.3 is 99.1 Å². The number of alkyl carbamates (subject to hydrolysis) is 1. The number of aliphatic hydroxyl groups is 2.